The number of carbonyl (C=O) groups is 1. The number of rotatable bonds is 8. The zero-order valence-corrected chi connectivity index (χ0v) is 15.8. The van der Waals surface area contributed by atoms with Gasteiger partial charge in [0.2, 0.25) is 0 Å². The zero-order chi connectivity index (χ0) is 19.0. The first-order valence-electron chi connectivity index (χ1n) is 8.41. The van der Waals surface area contributed by atoms with Crippen LogP contribution >= 0.6 is 7.60 Å². The molecule has 2 aromatic rings. The minimum atomic E-state index is -4.14. The highest BCUT2D eigenvalue weighted by Gasteiger charge is 2.36. The summed E-state index contributed by atoms with van der Waals surface area (Å²) in [6, 6.07) is 17.6. The molecule has 0 spiro atoms. The van der Waals surface area contributed by atoms with Gasteiger partial charge < -0.3 is 19.5 Å². The molecule has 0 saturated carbocycles. The lowest BCUT2D eigenvalue weighted by atomic mass is 10.1. The van der Waals surface area contributed by atoms with E-state index in [0.717, 1.165) is 5.56 Å². The van der Waals surface area contributed by atoms with Crippen LogP contribution in [0.4, 0.5) is 4.79 Å². The van der Waals surface area contributed by atoms with E-state index in [4.69, 9.17) is 9.26 Å². The smallest absolute Gasteiger partial charge is 0.408 e. The number of alkyl carbamates (subject to hydrolysis) is 1. The van der Waals surface area contributed by atoms with Crippen molar-refractivity contribution in [1.29, 1.82) is 0 Å². The van der Waals surface area contributed by atoms with Gasteiger partial charge in [-0.05, 0) is 30.0 Å². The van der Waals surface area contributed by atoms with E-state index in [-0.39, 0.29) is 24.7 Å². The minimum Gasteiger partial charge on any atom is -0.445 e. The van der Waals surface area contributed by atoms with Crippen molar-refractivity contribution in [2.24, 2.45) is 5.92 Å². The Morgan fingerprint density at radius 1 is 1.08 bits per heavy atom. The van der Waals surface area contributed by atoms with Crippen molar-refractivity contribution in [2.45, 2.75) is 32.7 Å². The summed E-state index contributed by atoms with van der Waals surface area (Å²) < 4.78 is 23.1. The van der Waals surface area contributed by atoms with Gasteiger partial charge in [-0.2, -0.15) is 0 Å². The molecule has 0 radical (unpaired) electrons. The maximum Gasteiger partial charge on any atom is 0.408 e. The minimum absolute atomic E-state index is 0.0780. The molecule has 0 saturated heterocycles. The van der Waals surface area contributed by atoms with Crippen molar-refractivity contribution in [3.05, 3.63) is 66.2 Å². The zero-order valence-electron chi connectivity index (χ0n) is 14.9. The second kappa shape index (κ2) is 9.41. The van der Waals surface area contributed by atoms with Gasteiger partial charge in [0.15, 0.2) is 0 Å². The first-order chi connectivity index (χ1) is 12.4. The van der Waals surface area contributed by atoms with Crippen LogP contribution in [0.25, 0.3) is 0 Å². The van der Waals surface area contributed by atoms with Crippen molar-refractivity contribution >= 4 is 13.7 Å². The van der Waals surface area contributed by atoms with Crippen LogP contribution in [0.15, 0.2) is 60.7 Å². The van der Waals surface area contributed by atoms with Crippen molar-refractivity contribution in [2.75, 3.05) is 0 Å². The van der Waals surface area contributed by atoms with Gasteiger partial charge in [-0.25, -0.2) is 9.36 Å². The van der Waals surface area contributed by atoms with E-state index < -0.39 is 19.5 Å². The molecule has 0 fully saturated rings. The molecule has 140 valence electrons. The Labute approximate surface area is 153 Å². The lowest BCUT2D eigenvalue weighted by Gasteiger charge is -2.25. The molecule has 0 bridgehead atoms. The number of hydrogen-bond donors (Lipinski definition) is 2. The number of hydrogen-bond acceptors (Lipinski definition) is 4. The summed E-state index contributed by atoms with van der Waals surface area (Å²) in [7, 11) is -4.14. The van der Waals surface area contributed by atoms with Gasteiger partial charge >= 0.3 is 13.7 Å². The molecule has 26 heavy (non-hydrogen) atoms. The van der Waals surface area contributed by atoms with Crippen LogP contribution in [0.1, 0.15) is 25.8 Å². The maximum atomic E-state index is 12.7. The summed E-state index contributed by atoms with van der Waals surface area (Å²) in [4.78, 5) is 22.5. The van der Waals surface area contributed by atoms with Gasteiger partial charge in [0.25, 0.3) is 0 Å². The number of carbonyl (C=O) groups excluding carboxylic acids is 1. The largest absolute Gasteiger partial charge is 0.445 e. The molecule has 2 aromatic carbocycles. The summed E-state index contributed by atoms with van der Waals surface area (Å²) in [5, 5.41) is 2.48. The van der Waals surface area contributed by atoms with Crippen LogP contribution in [0.3, 0.4) is 0 Å². The van der Waals surface area contributed by atoms with Crippen LogP contribution in [-0.2, 0) is 15.9 Å². The van der Waals surface area contributed by atoms with Crippen molar-refractivity contribution < 1.29 is 23.5 Å². The fraction of sp³-hybridized carbons (Fsp3) is 0.316. The van der Waals surface area contributed by atoms with Gasteiger partial charge in [0.05, 0.1) is 0 Å². The third-order valence-corrected chi connectivity index (χ3v) is 5.17. The highest BCUT2D eigenvalue weighted by Crippen LogP contribution is 2.48. The average Bonchev–Trinajstić information content (AvgIpc) is 2.60. The van der Waals surface area contributed by atoms with E-state index in [1.807, 2.05) is 44.2 Å². The molecular weight excluding hydrogens is 353 g/mol. The molecule has 6 nitrogen and oxygen atoms in total. The van der Waals surface area contributed by atoms with E-state index in [1.165, 1.54) is 0 Å². The Balaban J connectivity index is 2.01. The van der Waals surface area contributed by atoms with Crippen LogP contribution in [0, 0.1) is 5.92 Å². The van der Waals surface area contributed by atoms with E-state index in [1.54, 1.807) is 30.3 Å². The van der Waals surface area contributed by atoms with Crippen LogP contribution in [-0.4, -0.2) is 16.8 Å². The summed E-state index contributed by atoms with van der Waals surface area (Å²) in [5.41, 5.74) is 0.829. The summed E-state index contributed by atoms with van der Waals surface area (Å²) in [5.74, 6) is -0.716. The molecule has 2 atom stereocenters. The number of ether oxygens (including phenoxy) is 1. The standard InChI is InChI=1S/C19H24NO5P/c1-15(2)13-18(26(22,23)25-17-11-7-4-8-12-17)20-19(21)24-14-16-9-5-3-6-10-16/h3-12,15,18H,13-14H2,1-2H3,(H,20,21)(H,22,23). The third kappa shape index (κ3) is 6.54. The molecule has 1 amide bonds. The first kappa shape index (κ1) is 20.0. The molecule has 0 aliphatic heterocycles. The molecule has 7 heteroatoms. The fourth-order valence-corrected chi connectivity index (χ4v) is 3.82. The molecule has 2 rings (SSSR count). The molecule has 2 N–H and O–H groups in total. The Bertz CT molecular complexity index is 736. The van der Waals surface area contributed by atoms with Gasteiger partial charge in [0, 0.05) is 0 Å². The maximum absolute atomic E-state index is 12.7. The normalized spacial score (nSPS) is 14.3. The Morgan fingerprint density at radius 3 is 2.23 bits per heavy atom. The quantitative estimate of drug-likeness (QED) is 0.659. The van der Waals surface area contributed by atoms with E-state index >= 15 is 0 Å². The molecule has 0 aliphatic carbocycles. The highest BCUT2D eigenvalue weighted by atomic mass is 31.2. The van der Waals surface area contributed by atoms with Crippen LogP contribution in [0.2, 0.25) is 0 Å². The molecular formula is C19H24NO5P. The van der Waals surface area contributed by atoms with Gasteiger partial charge in [-0.15, -0.1) is 0 Å². The monoisotopic (exact) mass is 377 g/mol. The van der Waals surface area contributed by atoms with E-state index in [0.29, 0.717) is 0 Å². The first-order valence-corrected chi connectivity index (χ1v) is 10.1. The Hall–Kier alpha value is -2.30. The summed E-state index contributed by atoms with van der Waals surface area (Å²) >= 11 is 0. The predicted molar refractivity (Wildman–Crippen MR) is 99.9 cm³/mol. The SMILES string of the molecule is CC(C)CC(NC(=O)OCc1ccccc1)P(=O)(O)Oc1ccccc1. The van der Waals surface area contributed by atoms with Gasteiger partial charge in [-0.3, -0.25) is 0 Å². The number of amides is 1. The topological polar surface area (TPSA) is 84.9 Å². The molecule has 2 unspecified atom stereocenters. The third-order valence-electron chi connectivity index (χ3n) is 3.57. The van der Waals surface area contributed by atoms with Gasteiger partial charge in [-0.1, -0.05) is 62.4 Å². The van der Waals surface area contributed by atoms with Crippen molar-refractivity contribution in [1.82, 2.24) is 5.32 Å². The fourth-order valence-electron chi connectivity index (χ4n) is 2.32. The number of benzene rings is 2. The van der Waals surface area contributed by atoms with Gasteiger partial charge in [0.1, 0.15) is 18.1 Å². The van der Waals surface area contributed by atoms with E-state index in [2.05, 4.69) is 5.32 Å². The predicted octanol–water partition coefficient (Wildman–Crippen LogP) is 4.55. The molecule has 0 aliphatic rings. The number of nitrogens with one attached hydrogen (secondary N) is 1. The second-order valence-corrected chi connectivity index (χ2v) is 8.25. The lowest BCUT2D eigenvalue weighted by Crippen LogP contribution is -2.37. The summed E-state index contributed by atoms with van der Waals surface area (Å²) in [6.07, 6.45) is -0.480. The Morgan fingerprint density at radius 2 is 1.65 bits per heavy atom. The number of para-hydroxylation sites is 1. The molecule has 0 aromatic heterocycles. The van der Waals surface area contributed by atoms with Crippen LogP contribution < -0.4 is 9.84 Å². The van der Waals surface area contributed by atoms with Crippen LogP contribution in [0.5, 0.6) is 5.75 Å². The highest BCUT2D eigenvalue weighted by molar-refractivity contribution is 7.54. The Kier molecular flexibility index (Phi) is 7.25. The van der Waals surface area contributed by atoms with E-state index in [9.17, 15) is 14.3 Å². The lowest BCUT2D eigenvalue weighted by molar-refractivity contribution is 0.136. The summed E-state index contributed by atoms with van der Waals surface area (Å²) in [6.45, 7) is 3.87. The van der Waals surface area contributed by atoms with Crippen molar-refractivity contribution in [3.8, 4) is 5.75 Å². The van der Waals surface area contributed by atoms with Crippen molar-refractivity contribution in [3.63, 3.8) is 0 Å². The second-order valence-electron chi connectivity index (χ2n) is 6.32. The average molecular weight is 377 g/mol. The molecule has 0 heterocycles.